The summed E-state index contributed by atoms with van der Waals surface area (Å²) >= 11 is 0. The van der Waals surface area contributed by atoms with Crippen LogP contribution in [-0.2, 0) is 0 Å². The summed E-state index contributed by atoms with van der Waals surface area (Å²) in [6.07, 6.45) is 0. The third-order valence-corrected chi connectivity index (χ3v) is 2.89. The van der Waals surface area contributed by atoms with Crippen molar-refractivity contribution in [2.75, 3.05) is 11.9 Å². The van der Waals surface area contributed by atoms with E-state index in [2.05, 4.69) is 5.32 Å². The smallest absolute Gasteiger partial charge is 0.255 e. The molecule has 0 spiro atoms. The van der Waals surface area contributed by atoms with Crippen LogP contribution in [0.4, 0.5) is 5.69 Å². The molecule has 20 heavy (non-hydrogen) atoms. The van der Waals surface area contributed by atoms with Crippen LogP contribution < -0.4 is 10.1 Å². The van der Waals surface area contributed by atoms with Gasteiger partial charge in [-0.25, -0.2) is 0 Å². The third-order valence-electron chi connectivity index (χ3n) is 2.89. The predicted octanol–water partition coefficient (Wildman–Crippen LogP) is 3.35. The van der Waals surface area contributed by atoms with Crippen LogP contribution in [0.15, 0.2) is 42.5 Å². The van der Waals surface area contributed by atoms with Gasteiger partial charge in [0, 0.05) is 5.56 Å². The van der Waals surface area contributed by atoms with Crippen molar-refractivity contribution in [3.8, 4) is 11.5 Å². The molecule has 0 aromatic heterocycles. The number of hydrogen-bond donors (Lipinski definition) is 2. The lowest BCUT2D eigenvalue weighted by Crippen LogP contribution is -2.13. The van der Waals surface area contributed by atoms with Crippen LogP contribution in [0, 0.1) is 6.92 Å². The Bertz CT molecular complexity index is 623. The first-order valence-electron chi connectivity index (χ1n) is 6.44. The van der Waals surface area contributed by atoms with E-state index in [9.17, 15) is 9.90 Å². The lowest BCUT2D eigenvalue weighted by molar-refractivity contribution is 0.102. The lowest BCUT2D eigenvalue weighted by Gasteiger charge is -2.11. The van der Waals surface area contributed by atoms with Crippen molar-refractivity contribution >= 4 is 11.6 Å². The standard InChI is InChI=1S/C16H17NO3/c1-3-20-15-7-5-4-6-13(15)17-16(19)12-8-9-14(18)11(2)10-12/h4-10,18H,3H2,1-2H3,(H,17,19). The molecule has 0 aliphatic carbocycles. The number of hydrogen-bond acceptors (Lipinski definition) is 3. The quantitative estimate of drug-likeness (QED) is 0.896. The number of phenolic OH excluding ortho intramolecular Hbond substituents is 1. The van der Waals surface area contributed by atoms with E-state index in [1.54, 1.807) is 31.2 Å². The number of amides is 1. The Labute approximate surface area is 118 Å². The van der Waals surface area contributed by atoms with Crippen LogP contribution in [0.5, 0.6) is 11.5 Å². The summed E-state index contributed by atoms with van der Waals surface area (Å²) in [5, 5.41) is 12.3. The van der Waals surface area contributed by atoms with Crippen molar-refractivity contribution in [2.24, 2.45) is 0 Å². The fourth-order valence-corrected chi connectivity index (χ4v) is 1.84. The molecular formula is C16H17NO3. The van der Waals surface area contributed by atoms with Crippen molar-refractivity contribution in [3.63, 3.8) is 0 Å². The number of carbonyl (C=O) groups excluding carboxylic acids is 1. The molecule has 2 rings (SSSR count). The maximum atomic E-state index is 12.2. The van der Waals surface area contributed by atoms with E-state index in [0.29, 0.717) is 29.2 Å². The molecule has 0 radical (unpaired) electrons. The van der Waals surface area contributed by atoms with Gasteiger partial charge in [0.05, 0.1) is 12.3 Å². The van der Waals surface area contributed by atoms with Crippen molar-refractivity contribution in [1.82, 2.24) is 0 Å². The van der Waals surface area contributed by atoms with Crippen LogP contribution in [0.3, 0.4) is 0 Å². The molecule has 0 fully saturated rings. The van der Waals surface area contributed by atoms with Gasteiger partial charge in [0.15, 0.2) is 0 Å². The highest BCUT2D eigenvalue weighted by Gasteiger charge is 2.10. The van der Waals surface area contributed by atoms with Crippen molar-refractivity contribution in [3.05, 3.63) is 53.6 Å². The Hall–Kier alpha value is -2.49. The normalized spacial score (nSPS) is 10.1. The van der Waals surface area contributed by atoms with E-state index < -0.39 is 0 Å². The summed E-state index contributed by atoms with van der Waals surface area (Å²) in [5.41, 5.74) is 1.78. The van der Waals surface area contributed by atoms with Gasteiger partial charge in [-0.05, 0) is 49.7 Å². The third kappa shape index (κ3) is 3.09. The van der Waals surface area contributed by atoms with E-state index in [0.717, 1.165) is 0 Å². The van der Waals surface area contributed by atoms with Gasteiger partial charge in [0.2, 0.25) is 0 Å². The van der Waals surface area contributed by atoms with Crippen LogP contribution in [0.1, 0.15) is 22.8 Å². The molecule has 1 amide bonds. The molecule has 0 bridgehead atoms. The Kier molecular flexibility index (Phi) is 4.25. The Morgan fingerprint density at radius 2 is 2.00 bits per heavy atom. The van der Waals surface area contributed by atoms with Crippen LogP contribution >= 0.6 is 0 Å². The van der Waals surface area contributed by atoms with Gasteiger partial charge in [0.1, 0.15) is 11.5 Å². The molecular weight excluding hydrogens is 254 g/mol. The number of nitrogens with one attached hydrogen (secondary N) is 1. The molecule has 4 heteroatoms. The van der Waals surface area contributed by atoms with Gasteiger partial charge in [0.25, 0.3) is 5.91 Å². The second-order valence-electron chi connectivity index (χ2n) is 4.38. The topological polar surface area (TPSA) is 58.6 Å². The van der Waals surface area contributed by atoms with Gasteiger partial charge in [-0.3, -0.25) is 4.79 Å². The Morgan fingerprint density at radius 3 is 2.70 bits per heavy atom. The second-order valence-corrected chi connectivity index (χ2v) is 4.38. The van der Waals surface area contributed by atoms with Crippen molar-refractivity contribution < 1.29 is 14.6 Å². The minimum Gasteiger partial charge on any atom is -0.508 e. The average molecular weight is 271 g/mol. The first-order valence-corrected chi connectivity index (χ1v) is 6.44. The Balaban J connectivity index is 2.21. The summed E-state index contributed by atoms with van der Waals surface area (Å²) in [5.74, 6) is 0.579. The van der Waals surface area contributed by atoms with E-state index in [1.807, 2.05) is 19.1 Å². The van der Waals surface area contributed by atoms with Crippen molar-refractivity contribution in [1.29, 1.82) is 0 Å². The SMILES string of the molecule is CCOc1ccccc1NC(=O)c1ccc(O)c(C)c1. The fourth-order valence-electron chi connectivity index (χ4n) is 1.84. The summed E-state index contributed by atoms with van der Waals surface area (Å²) in [6.45, 7) is 4.17. The molecule has 2 aromatic carbocycles. The second kappa shape index (κ2) is 6.10. The number of aromatic hydroxyl groups is 1. The molecule has 0 heterocycles. The van der Waals surface area contributed by atoms with Crippen LogP contribution in [0.2, 0.25) is 0 Å². The van der Waals surface area contributed by atoms with E-state index in [4.69, 9.17) is 4.74 Å². The lowest BCUT2D eigenvalue weighted by atomic mass is 10.1. The molecule has 4 nitrogen and oxygen atoms in total. The minimum atomic E-state index is -0.236. The first kappa shape index (κ1) is 13.9. The number of aryl methyl sites for hydroxylation is 1. The summed E-state index contributed by atoms with van der Waals surface area (Å²) in [7, 11) is 0. The zero-order chi connectivity index (χ0) is 14.5. The number of para-hydroxylation sites is 2. The highest BCUT2D eigenvalue weighted by molar-refractivity contribution is 6.05. The monoisotopic (exact) mass is 271 g/mol. The molecule has 0 aliphatic rings. The number of phenols is 1. The Morgan fingerprint density at radius 1 is 1.25 bits per heavy atom. The molecule has 0 saturated carbocycles. The molecule has 0 unspecified atom stereocenters. The van der Waals surface area contributed by atoms with E-state index >= 15 is 0 Å². The largest absolute Gasteiger partial charge is 0.508 e. The molecule has 2 N–H and O–H groups in total. The van der Waals surface area contributed by atoms with Gasteiger partial charge in [-0.1, -0.05) is 12.1 Å². The highest BCUT2D eigenvalue weighted by atomic mass is 16.5. The maximum Gasteiger partial charge on any atom is 0.255 e. The van der Waals surface area contributed by atoms with Gasteiger partial charge < -0.3 is 15.2 Å². The predicted molar refractivity (Wildman–Crippen MR) is 78.4 cm³/mol. The number of rotatable bonds is 4. The number of anilines is 1. The fraction of sp³-hybridized carbons (Fsp3) is 0.188. The molecule has 0 aliphatic heterocycles. The van der Waals surface area contributed by atoms with Crippen LogP contribution in [-0.4, -0.2) is 17.6 Å². The number of ether oxygens (including phenoxy) is 1. The summed E-state index contributed by atoms with van der Waals surface area (Å²) in [6, 6.07) is 12.0. The highest BCUT2D eigenvalue weighted by Crippen LogP contribution is 2.25. The number of carbonyl (C=O) groups is 1. The molecule has 2 aromatic rings. The molecule has 104 valence electrons. The number of benzene rings is 2. The zero-order valence-electron chi connectivity index (χ0n) is 11.5. The van der Waals surface area contributed by atoms with Gasteiger partial charge in [-0.2, -0.15) is 0 Å². The van der Waals surface area contributed by atoms with Gasteiger partial charge >= 0.3 is 0 Å². The summed E-state index contributed by atoms with van der Waals surface area (Å²) < 4.78 is 5.46. The molecule has 0 atom stereocenters. The zero-order valence-corrected chi connectivity index (χ0v) is 11.5. The van der Waals surface area contributed by atoms with E-state index in [-0.39, 0.29) is 11.7 Å². The van der Waals surface area contributed by atoms with Crippen LogP contribution in [0.25, 0.3) is 0 Å². The van der Waals surface area contributed by atoms with Crippen molar-refractivity contribution in [2.45, 2.75) is 13.8 Å². The maximum absolute atomic E-state index is 12.2. The molecule has 0 saturated heterocycles. The minimum absolute atomic E-state index is 0.177. The first-order chi connectivity index (χ1) is 9.61. The van der Waals surface area contributed by atoms with Gasteiger partial charge in [-0.15, -0.1) is 0 Å². The van der Waals surface area contributed by atoms with E-state index in [1.165, 1.54) is 6.07 Å². The average Bonchev–Trinajstić information content (AvgIpc) is 2.44. The summed E-state index contributed by atoms with van der Waals surface area (Å²) in [4.78, 5) is 12.2.